The third kappa shape index (κ3) is 5.27. The summed E-state index contributed by atoms with van der Waals surface area (Å²) >= 11 is 0. The smallest absolute Gasteiger partial charge is 0.164 e. The van der Waals surface area contributed by atoms with Crippen LogP contribution in [0.15, 0.2) is 194 Å². The zero-order valence-corrected chi connectivity index (χ0v) is 37.2. The van der Waals surface area contributed by atoms with Crippen LogP contribution >= 0.6 is 0 Å². The van der Waals surface area contributed by atoms with Crippen molar-refractivity contribution >= 4 is 0 Å². The topological polar surface area (TPSA) is 47.9 Å². The Bertz CT molecular complexity index is 3440. The molecule has 5 aliphatic carbocycles. The Morgan fingerprint density at radius 3 is 1.67 bits per heavy atom. The van der Waals surface area contributed by atoms with E-state index >= 15 is 0 Å². The number of hydrogen-bond donors (Lipinski definition) is 0. The van der Waals surface area contributed by atoms with Crippen LogP contribution in [-0.4, -0.2) is 15.0 Å². The molecule has 5 atom stereocenters. The van der Waals surface area contributed by atoms with Crippen LogP contribution in [0.1, 0.15) is 66.3 Å². The summed E-state index contributed by atoms with van der Waals surface area (Å²) < 4.78 is 6.82. The third-order valence-corrected chi connectivity index (χ3v) is 17.4. The van der Waals surface area contributed by atoms with Crippen molar-refractivity contribution in [3.05, 3.63) is 222 Å². The fraction of sp³-hybridized carbons (Fsp3) is 0.190. The van der Waals surface area contributed by atoms with Crippen molar-refractivity contribution in [2.24, 2.45) is 23.2 Å². The number of hydrogen-bond acceptors (Lipinski definition) is 4. The van der Waals surface area contributed by atoms with E-state index < -0.39 is 5.41 Å². The number of ether oxygens (including phenoxy) is 1. The first-order valence-corrected chi connectivity index (χ1v) is 24.3. The van der Waals surface area contributed by atoms with Gasteiger partial charge in [0.15, 0.2) is 17.5 Å². The molecular weight excluding hydrogens is 815 g/mol. The summed E-state index contributed by atoms with van der Waals surface area (Å²) in [4.78, 5) is 16.0. The summed E-state index contributed by atoms with van der Waals surface area (Å²) in [6, 6.07) is 70.3. The van der Waals surface area contributed by atoms with Gasteiger partial charge in [-0.2, -0.15) is 0 Å². The van der Waals surface area contributed by atoms with Crippen LogP contribution in [0.5, 0.6) is 11.5 Å². The Balaban J connectivity index is 0.877. The highest BCUT2D eigenvalue weighted by atomic mass is 16.5. The predicted molar refractivity (Wildman–Crippen MR) is 267 cm³/mol. The molecule has 6 aliphatic rings. The van der Waals surface area contributed by atoms with E-state index in [0.29, 0.717) is 28.3 Å². The molecule has 8 aromatic carbocycles. The summed E-state index contributed by atoms with van der Waals surface area (Å²) in [6.45, 7) is 0. The summed E-state index contributed by atoms with van der Waals surface area (Å²) in [5.74, 6) is 6.57. The highest BCUT2D eigenvalue weighted by molar-refractivity contribution is 5.90. The summed E-state index contributed by atoms with van der Waals surface area (Å²) in [6.07, 6.45) is 8.55. The van der Waals surface area contributed by atoms with E-state index in [1.54, 1.807) is 0 Å². The molecule has 0 amide bonds. The Labute approximate surface area is 391 Å². The number of benzene rings is 8. The molecule has 0 saturated heterocycles. The Morgan fingerprint density at radius 2 is 0.940 bits per heavy atom. The van der Waals surface area contributed by atoms with Crippen LogP contribution in [0.4, 0.5) is 0 Å². The first kappa shape index (κ1) is 37.8. The minimum absolute atomic E-state index is 0.329. The van der Waals surface area contributed by atoms with E-state index in [-0.39, 0.29) is 0 Å². The van der Waals surface area contributed by atoms with E-state index in [1.807, 2.05) is 0 Å². The Kier molecular flexibility index (Phi) is 7.78. The lowest BCUT2D eigenvalue weighted by atomic mass is 9.55. The van der Waals surface area contributed by atoms with Gasteiger partial charge in [-0.15, -0.1) is 0 Å². The second-order valence-electron chi connectivity index (χ2n) is 20.6. The van der Waals surface area contributed by atoms with E-state index in [1.165, 1.54) is 71.9 Å². The Morgan fingerprint density at radius 1 is 0.388 bits per heavy atom. The molecule has 4 heteroatoms. The lowest BCUT2D eigenvalue weighted by Crippen LogP contribution is -2.42. The number of rotatable bonds is 6. The second kappa shape index (κ2) is 13.8. The van der Waals surface area contributed by atoms with Crippen molar-refractivity contribution in [1.29, 1.82) is 0 Å². The lowest BCUT2D eigenvalue weighted by Gasteiger charge is -2.49. The molecule has 2 unspecified atom stereocenters. The van der Waals surface area contributed by atoms with Gasteiger partial charge < -0.3 is 4.74 Å². The molecule has 320 valence electrons. The van der Waals surface area contributed by atoms with Gasteiger partial charge >= 0.3 is 0 Å². The predicted octanol–water partition coefficient (Wildman–Crippen LogP) is 15.1. The highest BCUT2D eigenvalue weighted by Crippen LogP contribution is 2.79. The van der Waals surface area contributed by atoms with Gasteiger partial charge in [0.1, 0.15) is 11.5 Å². The lowest BCUT2D eigenvalue weighted by molar-refractivity contribution is -0.000160. The number of fused-ring (bicyclic) bond motifs is 11. The normalized spacial score (nSPS) is 23.7. The van der Waals surface area contributed by atoms with Crippen molar-refractivity contribution in [2.75, 3.05) is 0 Å². The van der Waals surface area contributed by atoms with Gasteiger partial charge in [0.05, 0.1) is 5.41 Å². The molecule has 2 heterocycles. The molecule has 4 fully saturated rings. The van der Waals surface area contributed by atoms with Gasteiger partial charge in [0.25, 0.3) is 0 Å². The van der Waals surface area contributed by atoms with E-state index in [2.05, 4.69) is 194 Å². The second-order valence-corrected chi connectivity index (χ2v) is 20.6. The Hall–Kier alpha value is -7.43. The molecule has 15 rings (SSSR count). The number of nitrogens with zero attached hydrogens (tertiary/aromatic N) is 3. The van der Waals surface area contributed by atoms with Gasteiger partial charge in [-0.25, -0.2) is 15.0 Å². The quantitative estimate of drug-likeness (QED) is 0.167. The maximum Gasteiger partial charge on any atom is 0.164 e. The van der Waals surface area contributed by atoms with Crippen LogP contribution < -0.4 is 4.74 Å². The van der Waals surface area contributed by atoms with Crippen LogP contribution in [0.25, 0.3) is 67.5 Å². The molecule has 1 aromatic heterocycles. The van der Waals surface area contributed by atoms with Crippen LogP contribution in [0.3, 0.4) is 0 Å². The molecule has 0 N–H and O–H groups in total. The van der Waals surface area contributed by atoms with Gasteiger partial charge in [-0.05, 0) is 135 Å². The van der Waals surface area contributed by atoms with Gasteiger partial charge in [-0.1, -0.05) is 176 Å². The average Bonchev–Trinajstić information content (AvgIpc) is 3.87. The monoisotopic (exact) mass is 861 g/mol. The van der Waals surface area contributed by atoms with Gasteiger partial charge in [-0.3, -0.25) is 0 Å². The summed E-state index contributed by atoms with van der Waals surface area (Å²) in [7, 11) is 0. The molecule has 3 bridgehead atoms. The molecule has 4 nitrogen and oxygen atoms in total. The number of aromatic nitrogens is 3. The standard InChI is InChI=1S/C63H47N3O/c1-2-12-40(13-3-1)41-22-24-42(25-23-41)58-64-59(43-26-29-45(30-27-43)61-35-39-32-46-34-47(37-61)62(46,36-39)38-61)66-60(65-58)51-17-5-4-14-48(51)44-28-31-57-55(33-44)63(54-20-10-11-21-56(54)67-57)52-18-8-6-15-49(52)50-16-7-9-19-53(50)63/h1-31,33,39,46-47H,32,34-38H2/t39-,46?,47-,61?,62-/m0/s1. The zero-order chi connectivity index (χ0) is 43.9. The first-order chi connectivity index (χ1) is 33.1. The van der Waals surface area contributed by atoms with Crippen molar-refractivity contribution < 1.29 is 4.74 Å². The first-order valence-electron chi connectivity index (χ1n) is 24.3. The van der Waals surface area contributed by atoms with Crippen molar-refractivity contribution in [1.82, 2.24) is 15.0 Å². The number of para-hydroxylation sites is 1. The molecule has 9 aromatic rings. The SMILES string of the molecule is c1ccc(-c2ccc(-c3nc(-c4ccc(C56C[C@@H]7CC8C[C@@H](C5)[C@@]8(C7)C6)cc4)nc(-c4ccccc4-c4ccc5c(c4)C4(c6ccccc6O5)c5ccccc5-c5ccccc54)n3)cc2)cc1. The minimum atomic E-state index is -0.565. The molecule has 67 heavy (non-hydrogen) atoms. The largest absolute Gasteiger partial charge is 0.457 e. The van der Waals surface area contributed by atoms with E-state index in [9.17, 15) is 0 Å². The van der Waals surface area contributed by atoms with Crippen molar-refractivity contribution in [3.63, 3.8) is 0 Å². The average molecular weight is 862 g/mol. The molecule has 1 aliphatic heterocycles. The van der Waals surface area contributed by atoms with Crippen molar-refractivity contribution in [2.45, 2.75) is 49.4 Å². The fourth-order valence-corrected chi connectivity index (χ4v) is 14.8. The molecule has 0 radical (unpaired) electrons. The molecule has 4 saturated carbocycles. The van der Waals surface area contributed by atoms with Crippen LogP contribution in [-0.2, 0) is 10.8 Å². The zero-order valence-electron chi connectivity index (χ0n) is 37.2. The minimum Gasteiger partial charge on any atom is -0.457 e. The molecular formula is C63H47N3O. The fourth-order valence-electron chi connectivity index (χ4n) is 14.8. The summed E-state index contributed by atoms with van der Waals surface area (Å²) in [5.41, 5.74) is 16.7. The summed E-state index contributed by atoms with van der Waals surface area (Å²) in [5, 5.41) is 0. The van der Waals surface area contributed by atoms with E-state index in [0.717, 1.165) is 73.8 Å². The highest BCUT2D eigenvalue weighted by Gasteiger charge is 2.71. The van der Waals surface area contributed by atoms with Gasteiger partial charge in [0, 0.05) is 27.8 Å². The van der Waals surface area contributed by atoms with Crippen LogP contribution in [0, 0.1) is 23.2 Å². The third-order valence-electron chi connectivity index (χ3n) is 17.4. The van der Waals surface area contributed by atoms with Crippen molar-refractivity contribution in [3.8, 4) is 79.0 Å². The van der Waals surface area contributed by atoms with Gasteiger partial charge in [0.2, 0.25) is 0 Å². The molecule has 2 spiro atoms. The maximum atomic E-state index is 6.82. The van der Waals surface area contributed by atoms with E-state index in [4.69, 9.17) is 19.7 Å². The van der Waals surface area contributed by atoms with Crippen LogP contribution in [0.2, 0.25) is 0 Å². The maximum absolute atomic E-state index is 6.82.